The maximum atomic E-state index is 12.0. The molecule has 9 nitrogen and oxygen atoms in total. The number of hydrogen-bond donors (Lipinski definition) is 2. The van der Waals surface area contributed by atoms with Gasteiger partial charge >= 0.3 is 5.91 Å². The van der Waals surface area contributed by atoms with E-state index >= 15 is 0 Å². The van der Waals surface area contributed by atoms with Crippen molar-refractivity contribution in [3.05, 3.63) is 42.0 Å². The van der Waals surface area contributed by atoms with E-state index in [1.807, 2.05) is 6.07 Å². The highest BCUT2D eigenvalue weighted by Gasteiger charge is 2.18. The van der Waals surface area contributed by atoms with E-state index in [1.54, 1.807) is 36.4 Å². The number of amides is 1. The van der Waals surface area contributed by atoms with Crippen molar-refractivity contribution in [1.29, 1.82) is 5.26 Å². The summed E-state index contributed by atoms with van der Waals surface area (Å²) in [6, 6.07) is 11.9. The molecule has 4 rings (SSSR count). The summed E-state index contributed by atoms with van der Waals surface area (Å²) in [5.74, 6) is 0.469. The Bertz CT molecular complexity index is 1130. The first-order valence-corrected chi connectivity index (χ1v) is 8.36. The molecule has 1 aliphatic rings. The quantitative estimate of drug-likeness (QED) is 0.671. The van der Waals surface area contributed by atoms with E-state index in [9.17, 15) is 9.90 Å². The van der Waals surface area contributed by atoms with Crippen LogP contribution in [0.4, 0.5) is 5.69 Å². The van der Waals surface area contributed by atoms with Crippen LogP contribution < -0.4 is 14.2 Å². The molecule has 2 N–H and O–H groups in total. The standard InChI is InChI=1S/C19H14N4O5/c20-9-11-3-1-2-4-14(11)28-10-17(24)22-23-18-12-7-15-16(27-6-5-26-15)8-13(12)21-19(18)25/h1-4,7-8,21,25H,5-6,10H2. The lowest BCUT2D eigenvalue weighted by molar-refractivity contribution is -0.120. The van der Waals surface area contributed by atoms with Gasteiger partial charge in [-0.2, -0.15) is 5.26 Å². The zero-order chi connectivity index (χ0) is 19.5. The highest BCUT2D eigenvalue weighted by Crippen LogP contribution is 2.42. The van der Waals surface area contributed by atoms with E-state index in [1.165, 1.54) is 0 Å². The molecule has 0 bridgehead atoms. The number of carbonyl (C=O) groups excluding carboxylic acids is 1. The van der Waals surface area contributed by atoms with Crippen molar-refractivity contribution in [1.82, 2.24) is 4.98 Å². The van der Waals surface area contributed by atoms with Crippen LogP contribution in [0.5, 0.6) is 23.1 Å². The summed E-state index contributed by atoms with van der Waals surface area (Å²) in [6.07, 6.45) is 0. The smallest absolute Gasteiger partial charge is 0.302 e. The van der Waals surface area contributed by atoms with E-state index in [-0.39, 0.29) is 17.3 Å². The molecule has 0 spiro atoms. The molecule has 0 unspecified atom stereocenters. The average Bonchev–Trinajstić information content (AvgIpc) is 3.03. The number of H-pyrrole nitrogens is 1. The van der Waals surface area contributed by atoms with E-state index in [0.717, 1.165) is 0 Å². The van der Waals surface area contributed by atoms with Crippen LogP contribution >= 0.6 is 0 Å². The second-order valence-corrected chi connectivity index (χ2v) is 5.85. The number of aromatic nitrogens is 1. The van der Waals surface area contributed by atoms with Gasteiger partial charge in [-0.05, 0) is 18.2 Å². The number of aromatic hydroxyl groups is 1. The number of nitrogens with zero attached hydrogens (tertiary/aromatic N) is 3. The zero-order valence-corrected chi connectivity index (χ0v) is 14.5. The van der Waals surface area contributed by atoms with Crippen molar-refractivity contribution in [2.24, 2.45) is 10.2 Å². The van der Waals surface area contributed by atoms with Gasteiger partial charge in [0.1, 0.15) is 25.0 Å². The minimum atomic E-state index is -0.668. The summed E-state index contributed by atoms with van der Waals surface area (Å²) >= 11 is 0. The molecular formula is C19H14N4O5. The summed E-state index contributed by atoms with van der Waals surface area (Å²) in [4.78, 5) is 14.7. The van der Waals surface area contributed by atoms with Gasteiger partial charge in [0.25, 0.3) is 0 Å². The fourth-order valence-electron chi connectivity index (χ4n) is 2.76. The number of hydrogen-bond acceptors (Lipinski definition) is 7. The fraction of sp³-hybridized carbons (Fsp3) is 0.158. The van der Waals surface area contributed by atoms with Gasteiger partial charge in [0.05, 0.1) is 11.1 Å². The van der Waals surface area contributed by atoms with Gasteiger partial charge < -0.3 is 24.3 Å². The van der Waals surface area contributed by atoms with Crippen molar-refractivity contribution in [3.63, 3.8) is 0 Å². The Morgan fingerprint density at radius 1 is 1.25 bits per heavy atom. The number of benzene rings is 2. The lowest BCUT2D eigenvalue weighted by Gasteiger charge is -2.17. The van der Waals surface area contributed by atoms with Crippen LogP contribution in [-0.2, 0) is 4.79 Å². The largest absolute Gasteiger partial charge is 0.493 e. The third kappa shape index (κ3) is 3.31. The molecule has 0 atom stereocenters. The Morgan fingerprint density at radius 3 is 2.79 bits per heavy atom. The molecule has 0 saturated heterocycles. The number of ether oxygens (including phenoxy) is 3. The molecule has 9 heteroatoms. The Labute approximate surface area is 158 Å². The first-order valence-electron chi connectivity index (χ1n) is 8.36. The van der Waals surface area contributed by atoms with Crippen molar-refractivity contribution >= 4 is 22.5 Å². The Morgan fingerprint density at radius 2 is 2.00 bits per heavy atom. The van der Waals surface area contributed by atoms with Crippen molar-refractivity contribution in [2.45, 2.75) is 0 Å². The van der Waals surface area contributed by atoms with Gasteiger partial charge in [-0.25, -0.2) is 0 Å². The lowest BCUT2D eigenvalue weighted by Crippen LogP contribution is -2.15. The van der Waals surface area contributed by atoms with E-state index in [0.29, 0.717) is 41.2 Å². The molecule has 0 fully saturated rings. The van der Waals surface area contributed by atoms with Gasteiger partial charge in [0.15, 0.2) is 23.8 Å². The normalized spacial score (nSPS) is 12.8. The Kier molecular flexibility index (Phi) is 4.51. The van der Waals surface area contributed by atoms with Gasteiger partial charge in [0, 0.05) is 11.5 Å². The molecule has 28 heavy (non-hydrogen) atoms. The van der Waals surface area contributed by atoms with Crippen molar-refractivity contribution in [2.75, 3.05) is 19.8 Å². The van der Waals surface area contributed by atoms with Crippen LogP contribution in [0, 0.1) is 11.3 Å². The maximum absolute atomic E-state index is 12.0. The molecular weight excluding hydrogens is 364 g/mol. The molecule has 140 valence electrons. The third-order valence-corrected chi connectivity index (χ3v) is 4.04. The molecule has 0 radical (unpaired) electrons. The molecule has 0 saturated carbocycles. The summed E-state index contributed by atoms with van der Waals surface area (Å²) in [5.41, 5.74) is 0.994. The molecule has 1 aliphatic heterocycles. The van der Waals surface area contributed by atoms with Crippen molar-refractivity contribution < 1.29 is 24.1 Å². The van der Waals surface area contributed by atoms with Crippen molar-refractivity contribution in [3.8, 4) is 29.2 Å². The molecule has 1 aromatic heterocycles. The summed E-state index contributed by atoms with van der Waals surface area (Å²) < 4.78 is 16.3. The second kappa shape index (κ2) is 7.28. The summed E-state index contributed by atoms with van der Waals surface area (Å²) in [6.45, 7) is 0.477. The molecule has 1 amide bonds. The summed E-state index contributed by atoms with van der Waals surface area (Å²) in [5, 5.41) is 27.1. The second-order valence-electron chi connectivity index (χ2n) is 5.85. The third-order valence-electron chi connectivity index (χ3n) is 4.04. The van der Waals surface area contributed by atoms with Gasteiger partial charge in [-0.3, -0.25) is 4.79 Å². The molecule has 2 heterocycles. The number of para-hydroxylation sites is 1. The number of fused-ring (bicyclic) bond motifs is 2. The predicted octanol–water partition coefficient (Wildman–Crippen LogP) is 3.21. The predicted molar refractivity (Wildman–Crippen MR) is 97.1 cm³/mol. The number of azo groups is 1. The van der Waals surface area contributed by atoms with Crippen LogP contribution in [0.25, 0.3) is 10.9 Å². The van der Waals surface area contributed by atoms with E-state index in [4.69, 9.17) is 19.5 Å². The topological polar surface area (TPSA) is 129 Å². The number of aromatic amines is 1. The maximum Gasteiger partial charge on any atom is 0.302 e. The van der Waals surface area contributed by atoms with Crippen LogP contribution in [0.15, 0.2) is 46.6 Å². The Hall–Kier alpha value is -4.06. The van der Waals surface area contributed by atoms with Gasteiger partial charge in [-0.15, -0.1) is 10.2 Å². The number of rotatable bonds is 4. The SMILES string of the molecule is N#Cc1ccccc1OCC(=O)N=Nc1c(O)[nH]c2cc3c(cc12)OCCO3. The average molecular weight is 378 g/mol. The lowest BCUT2D eigenvalue weighted by atomic mass is 10.2. The molecule has 0 aliphatic carbocycles. The van der Waals surface area contributed by atoms with Crippen LogP contribution in [0.2, 0.25) is 0 Å². The number of nitriles is 1. The zero-order valence-electron chi connectivity index (χ0n) is 14.5. The van der Waals surface area contributed by atoms with Gasteiger partial charge in [0.2, 0.25) is 5.88 Å². The highest BCUT2D eigenvalue weighted by atomic mass is 16.6. The van der Waals surface area contributed by atoms with Crippen LogP contribution in [0.3, 0.4) is 0 Å². The van der Waals surface area contributed by atoms with Crippen LogP contribution in [0.1, 0.15) is 5.56 Å². The van der Waals surface area contributed by atoms with Gasteiger partial charge in [-0.1, -0.05) is 12.1 Å². The monoisotopic (exact) mass is 378 g/mol. The fourth-order valence-corrected chi connectivity index (χ4v) is 2.76. The number of carbonyl (C=O) groups is 1. The molecule has 3 aromatic rings. The minimum Gasteiger partial charge on any atom is -0.493 e. The van der Waals surface area contributed by atoms with E-state index < -0.39 is 12.5 Å². The number of nitrogens with one attached hydrogen (secondary N) is 1. The minimum absolute atomic E-state index is 0.109. The Balaban J connectivity index is 1.52. The molecule has 2 aromatic carbocycles. The first kappa shape index (κ1) is 17.4. The first-order chi connectivity index (χ1) is 13.7. The highest BCUT2D eigenvalue weighted by molar-refractivity contribution is 5.96. The van der Waals surface area contributed by atoms with Crippen LogP contribution in [-0.4, -0.2) is 35.8 Å². The summed E-state index contributed by atoms with van der Waals surface area (Å²) in [7, 11) is 0. The van der Waals surface area contributed by atoms with E-state index in [2.05, 4.69) is 15.2 Å².